The number of halogens is 3. The largest absolute Gasteiger partial charge is 0.417 e. The molecule has 2 heterocycles. The molecule has 2 aromatic carbocycles. The number of aromatic nitrogens is 1. The zero-order chi connectivity index (χ0) is 22.3. The van der Waals surface area contributed by atoms with Crippen molar-refractivity contribution in [3.05, 3.63) is 70.0 Å². The first-order valence-corrected chi connectivity index (χ1v) is 9.62. The second kappa shape index (κ2) is 7.82. The molecular formula is C22H19F3N2O4. The summed E-state index contributed by atoms with van der Waals surface area (Å²) in [4.78, 5) is 27.5. The lowest BCUT2D eigenvalue weighted by molar-refractivity contribution is -0.137. The Morgan fingerprint density at radius 3 is 2.55 bits per heavy atom. The van der Waals surface area contributed by atoms with Crippen molar-refractivity contribution in [2.45, 2.75) is 30.7 Å². The monoisotopic (exact) mass is 432 g/mol. The third-order valence-corrected chi connectivity index (χ3v) is 5.58. The number of hydrogen-bond donors (Lipinski definition) is 4. The smallest absolute Gasteiger partial charge is 0.394 e. The van der Waals surface area contributed by atoms with Gasteiger partial charge in [-0.15, -0.1) is 0 Å². The number of benzene rings is 2. The van der Waals surface area contributed by atoms with E-state index in [1.807, 2.05) is 0 Å². The van der Waals surface area contributed by atoms with Crippen LogP contribution in [0.4, 0.5) is 13.2 Å². The first-order chi connectivity index (χ1) is 14.7. The minimum absolute atomic E-state index is 0.0444. The Kier molecular flexibility index (Phi) is 5.32. The van der Waals surface area contributed by atoms with Crippen LogP contribution >= 0.6 is 0 Å². The van der Waals surface area contributed by atoms with Crippen molar-refractivity contribution in [3.63, 3.8) is 0 Å². The fourth-order valence-electron chi connectivity index (χ4n) is 3.98. The van der Waals surface area contributed by atoms with Crippen LogP contribution in [0, 0.1) is 0 Å². The maximum absolute atomic E-state index is 13.4. The number of carbonyl (C=O) groups is 1. The number of nitrogens with one attached hydrogen (secondary N) is 2. The maximum Gasteiger partial charge on any atom is 0.417 e. The van der Waals surface area contributed by atoms with E-state index in [0.29, 0.717) is 10.9 Å². The number of rotatable bonds is 4. The standard InChI is InChI=1S/C22H19F3N2O4/c23-22(24,25)16-4-2-1-3-13(16)17-8-12-6-5-11(7-14(12)20(30)26-17)15-9-18(19(29)10-28)27-21(15)31/h1-8,15,18-19,28-29H,9-10H2,(H,26,30)(H,27,31)/t15-,18?,19-/m0/s1. The quantitative estimate of drug-likeness (QED) is 0.509. The number of hydrogen-bond acceptors (Lipinski definition) is 4. The number of aromatic amines is 1. The Morgan fingerprint density at radius 1 is 1.10 bits per heavy atom. The molecule has 1 aliphatic heterocycles. The van der Waals surface area contributed by atoms with Gasteiger partial charge in [-0.3, -0.25) is 9.59 Å². The third-order valence-electron chi connectivity index (χ3n) is 5.58. The molecule has 3 aromatic rings. The van der Waals surface area contributed by atoms with Crippen molar-refractivity contribution in [2.24, 2.45) is 0 Å². The molecule has 4 N–H and O–H groups in total. The Morgan fingerprint density at radius 2 is 1.84 bits per heavy atom. The highest BCUT2D eigenvalue weighted by Gasteiger charge is 2.37. The number of aliphatic hydroxyl groups is 2. The van der Waals surface area contributed by atoms with Crippen LogP contribution in [0.25, 0.3) is 22.0 Å². The number of fused-ring (bicyclic) bond motifs is 1. The van der Waals surface area contributed by atoms with Crippen molar-refractivity contribution >= 4 is 16.7 Å². The Hall–Kier alpha value is -3.17. The van der Waals surface area contributed by atoms with Crippen molar-refractivity contribution < 1.29 is 28.2 Å². The van der Waals surface area contributed by atoms with E-state index in [2.05, 4.69) is 10.3 Å². The zero-order valence-electron chi connectivity index (χ0n) is 16.1. The van der Waals surface area contributed by atoms with E-state index in [4.69, 9.17) is 5.11 Å². The SMILES string of the molecule is O=C1NC([C@@H](O)CO)C[C@H]1c1ccc2cc(-c3ccccc3C(F)(F)F)[nH]c(=O)c2c1. The van der Waals surface area contributed by atoms with Gasteiger partial charge in [-0.25, -0.2) is 0 Å². The number of H-pyrrole nitrogens is 1. The summed E-state index contributed by atoms with van der Waals surface area (Å²) in [7, 11) is 0. The summed E-state index contributed by atoms with van der Waals surface area (Å²) < 4.78 is 40.1. The van der Waals surface area contributed by atoms with Gasteiger partial charge >= 0.3 is 6.18 Å². The molecule has 1 fully saturated rings. The van der Waals surface area contributed by atoms with Gasteiger partial charge in [0.25, 0.3) is 5.56 Å². The van der Waals surface area contributed by atoms with Crippen LogP contribution in [-0.4, -0.2) is 39.9 Å². The van der Waals surface area contributed by atoms with Crippen molar-refractivity contribution in [3.8, 4) is 11.3 Å². The minimum Gasteiger partial charge on any atom is -0.394 e. The van der Waals surface area contributed by atoms with E-state index in [9.17, 15) is 27.9 Å². The van der Waals surface area contributed by atoms with Crippen LogP contribution in [0.15, 0.2) is 53.3 Å². The zero-order valence-corrected chi connectivity index (χ0v) is 16.1. The number of carbonyl (C=O) groups excluding carboxylic acids is 1. The molecule has 1 unspecified atom stereocenters. The fourth-order valence-corrected chi connectivity index (χ4v) is 3.98. The molecule has 1 aliphatic rings. The van der Waals surface area contributed by atoms with Gasteiger partial charge in [0.1, 0.15) is 0 Å². The molecule has 1 amide bonds. The molecular weight excluding hydrogens is 413 g/mol. The van der Waals surface area contributed by atoms with Gasteiger partial charge in [0.2, 0.25) is 5.91 Å². The summed E-state index contributed by atoms with van der Waals surface area (Å²) in [5.74, 6) is -0.940. The lowest BCUT2D eigenvalue weighted by Crippen LogP contribution is -2.38. The average molecular weight is 432 g/mol. The molecule has 6 nitrogen and oxygen atoms in total. The van der Waals surface area contributed by atoms with Crippen molar-refractivity contribution in [2.75, 3.05) is 6.61 Å². The van der Waals surface area contributed by atoms with Crippen LogP contribution in [0.5, 0.6) is 0 Å². The highest BCUT2D eigenvalue weighted by molar-refractivity contribution is 5.90. The van der Waals surface area contributed by atoms with Crippen LogP contribution in [0.1, 0.15) is 23.5 Å². The van der Waals surface area contributed by atoms with E-state index in [1.165, 1.54) is 30.3 Å². The molecule has 3 atom stereocenters. The Balaban J connectivity index is 1.74. The highest BCUT2D eigenvalue weighted by atomic mass is 19.4. The van der Waals surface area contributed by atoms with Crippen molar-refractivity contribution in [1.29, 1.82) is 0 Å². The molecule has 0 spiro atoms. The highest BCUT2D eigenvalue weighted by Crippen LogP contribution is 2.37. The first-order valence-electron chi connectivity index (χ1n) is 9.62. The van der Waals surface area contributed by atoms with E-state index in [1.54, 1.807) is 12.1 Å². The number of alkyl halides is 3. The molecule has 0 aliphatic carbocycles. The fraction of sp³-hybridized carbons (Fsp3) is 0.273. The molecule has 162 valence electrons. The lowest BCUT2D eigenvalue weighted by atomic mass is 9.92. The predicted molar refractivity (Wildman–Crippen MR) is 107 cm³/mol. The van der Waals surface area contributed by atoms with E-state index in [-0.39, 0.29) is 29.0 Å². The summed E-state index contributed by atoms with van der Waals surface area (Å²) in [5, 5.41) is 22.2. The molecule has 0 bridgehead atoms. The molecule has 1 saturated heterocycles. The number of aliphatic hydroxyl groups excluding tert-OH is 2. The van der Waals surface area contributed by atoms with Crippen LogP contribution in [-0.2, 0) is 11.0 Å². The molecule has 0 saturated carbocycles. The Bertz CT molecular complexity index is 1210. The summed E-state index contributed by atoms with van der Waals surface area (Å²) in [6.07, 6.45) is -5.41. The molecule has 0 radical (unpaired) electrons. The summed E-state index contributed by atoms with van der Waals surface area (Å²) in [6, 6.07) is 10.6. The summed E-state index contributed by atoms with van der Waals surface area (Å²) >= 11 is 0. The Labute approximate surface area is 174 Å². The molecule has 31 heavy (non-hydrogen) atoms. The predicted octanol–water partition coefficient (Wildman–Crippen LogP) is 2.54. The second-order valence-electron chi connectivity index (χ2n) is 7.56. The van der Waals surface area contributed by atoms with E-state index >= 15 is 0 Å². The number of pyridine rings is 1. The minimum atomic E-state index is -4.57. The van der Waals surface area contributed by atoms with Crippen LogP contribution in [0.2, 0.25) is 0 Å². The number of amides is 1. The van der Waals surface area contributed by atoms with Gasteiger partial charge in [-0.05, 0) is 35.6 Å². The summed E-state index contributed by atoms with van der Waals surface area (Å²) in [6.45, 7) is -0.489. The van der Waals surface area contributed by atoms with Gasteiger partial charge in [-0.1, -0.05) is 30.3 Å². The lowest BCUT2D eigenvalue weighted by Gasteiger charge is -2.15. The molecule has 1 aromatic heterocycles. The van der Waals surface area contributed by atoms with Crippen LogP contribution in [0.3, 0.4) is 0 Å². The van der Waals surface area contributed by atoms with E-state index in [0.717, 1.165) is 6.07 Å². The summed E-state index contributed by atoms with van der Waals surface area (Å²) in [5.41, 5.74) is -0.960. The van der Waals surface area contributed by atoms with Gasteiger partial charge in [-0.2, -0.15) is 13.2 Å². The second-order valence-corrected chi connectivity index (χ2v) is 7.56. The average Bonchev–Trinajstić information content (AvgIpc) is 3.14. The van der Waals surface area contributed by atoms with Crippen molar-refractivity contribution in [1.82, 2.24) is 10.3 Å². The van der Waals surface area contributed by atoms with Gasteiger partial charge in [0.05, 0.1) is 30.2 Å². The van der Waals surface area contributed by atoms with Gasteiger partial charge < -0.3 is 20.5 Å². The first kappa shape index (κ1) is 21.1. The molecule has 4 rings (SSSR count). The normalized spacial score (nSPS) is 20.1. The van der Waals surface area contributed by atoms with Gasteiger partial charge in [0, 0.05) is 16.6 Å². The van der Waals surface area contributed by atoms with E-state index < -0.39 is 42.0 Å². The maximum atomic E-state index is 13.4. The van der Waals surface area contributed by atoms with Crippen LogP contribution < -0.4 is 10.9 Å². The topological polar surface area (TPSA) is 102 Å². The molecule has 9 heteroatoms. The third kappa shape index (κ3) is 3.94. The van der Waals surface area contributed by atoms with Gasteiger partial charge in [0.15, 0.2) is 0 Å².